The van der Waals surface area contributed by atoms with Crippen molar-refractivity contribution in [3.8, 4) is 0 Å². The van der Waals surface area contributed by atoms with E-state index in [9.17, 15) is 19.2 Å². The van der Waals surface area contributed by atoms with Crippen molar-refractivity contribution in [3.05, 3.63) is 107 Å². The second-order valence-corrected chi connectivity index (χ2v) is 14.1. The van der Waals surface area contributed by atoms with Crippen LogP contribution in [0, 0.1) is 17.2 Å². The van der Waals surface area contributed by atoms with E-state index in [-0.39, 0.29) is 43.0 Å². The molecule has 1 saturated carbocycles. The minimum atomic E-state index is -1.16. The molecule has 0 radical (unpaired) electrons. The summed E-state index contributed by atoms with van der Waals surface area (Å²) in [6, 6.07) is 24.0. The molecule has 3 aromatic carbocycles. The number of amidine groups is 1. The van der Waals surface area contributed by atoms with E-state index >= 15 is 0 Å². The monoisotopic (exact) mass is 737 g/mol. The fraction of sp³-hybridized carbons (Fsp3) is 0.415. The van der Waals surface area contributed by atoms with Crippen molar-refractivity contribution in [2.24, 2.45) is 34.0 Å². The molecule has 9 N–H and O–H groups in total. The summed E-state index contributed by atoms with van der Waals surface area (Å²) in [5, 5.41) is 13.7. The fourth-order valence-electron chi connectivity index (χ4n) is 6.89. The maximum Gasteiger partial charge on any atom is 0.245 e. The lowest BCUT2D eigenvalue weighted by Gasteiger charge is -2.33. The summed E-state index contributed by atoms with van der Waals surface area (Å²) >= 11 is 0. The van der Waals surface area contributed by atoms with Crippen LogP contribution in [0.5, 0.6) is 0 Å². The van der Waals surface area contributed by atoms with Gasteiger partial charge in [-0.25, -0.2) is 0 Å². The van der Waals surface area contributed by atoms with E-state index in [1.807, 2.05) is 60.7 Å². The first kappa shape index (κ1) is 41.0. The predicted octanol–water partition coefficient (Wildman–Crippen LogP) is 3.05. The van der Waals surface area contributed by atoms with Gasteiger partial charge in [-0.15, -0.1) is 0 Å². The number of nitrogens with one attached hydrogen (secondary N) is 3. The standard InChI is InChI=1S/C41H55N9O4/c1-49(26-29-13-6-3-7-14-29)39(53)33(25-28-20-22-32(23-21-28)36(42)43)37(51)48-35(31-17-10-5-11-18-31)38(52)47-34(19-12-24-46-41(44)45)40(54)50(2)27-30-15-8-4-9-16-30/h3-4,6-9,13-16,20-23,31,33-35H,5,10-12,17-19,24-27H2,1-2H3,(H3,42,43)(H,47,52)(H,48,51)(H4,44,45,46)/t33?,34-,35?/m0/s1. The third-order valence-electron chi connectivity index (χ3n) is 9.86. The van der Waals surface area contributed by atoms with Crippen molar-refractivity contribution in [2.45, 2.75) is 76.5 Å². The lowest BCUT2D eigenvalue weighted by atomic mass is 9.83. The van der Waals surface area contributed by atoms with Gasteiger partial charge in [-0.1, -0.05) is 104 Å². The van der Waals surface area contributed by atoms with Gasteiger partial charge in [0.1, 0.15) is 23.8 Å². The summed E-state index contributed by atoms with van der Waals surface area (Å²) in [7, 11) is 3.35. The van der Waals surface area contributed by atoms with Crippen LogP contribution in [0.1, 0.15) is 67.2 Å². The van der Waals surface area contributed by atoms with Gasteiger partial charge in [0.15, 0.2) is 5.96 Å². The number of nitrogen functional groups attached to an aromatic ring is 1. The van der Waals surface area contributed by atoms with Gasteiger partial charge in [-0.3, -0.25) is 29.6 Å². The molecule has 3 atom stereocenters. The van der Waals surface area contributed by atoms with Crippen molar-refractivity contribution >= 4 is 35.4 Å². The fourth-order valence-corrected chi connectivity index (χ4v) is 6.89. The zero-order valence-corrected chi connectivity index (χ0v) is 31.4. The molecular weight excluding hydrogens is 683 g/mol. The molecule has 0 bridgehead atoms. The Morgan fingerprint density at radius 3 is 1.83 bits per heavy atom. The normalized spacial score (nSPS) is 14.5. The van der Waals surface area contributed by atoms with Crippen LogP contribution in [0.3, 0.4) is 0 Å². The maximum atomic E-state index is 14.4. The Labute approximate surface area is 318 Å². The van der Waals surface area contributed by atoms with E-state index in [1.165, 1.54) is 4.90 Å². The molecule has 0 aromatic heterocycles. The number of hydrogen-bond acceptors (Lipinski definition) is 6. The molecular formula is C41H55N9O4. The highest BCUT2D eigenvalue weighted by Gasteiger charge is 2.37. The van der Waals surface area contributed by atoms with Crippen LogP contribution >= 0.6 is 0 Å². The first-order chi connectivity index (χ1) is 25.9. The van der Waals surface area contributed by atoms with E-state index in [0.29, 0.717) is 43.5 Å². The lowest BCUT2D eigenvalue weighted by molar-refractivity contribution is -0.143. The van der Waals surface area contributed by atoms with E-state index in [2.05, 4.69) is 15.6 Å². The molecule has 13 nitrogen and oxygen atoms in total. The summed E-state index contributed by atoms with van der Waals surface area (Å²) in [5.41, 5.74) is 19.8. The highest BCUT2D eigenvalue weighted by atomic mass is 16.2. The summed E-state index contributed by atoms with van der Waals surface area (Å²) in [5.74, 6) is -3.21. The van der Waals surface area contributed by atoms with Crippen molar-refractivity contribution < 1.29 is 19.2 Å². The molecule has 13 heteroatoms. The molecule has 1 fully saturated rings. The number of aliphatic imine (C=N–C) groups is 1. The van der Waals surface area contributed by atoms with Gasteiger partial charge in [0.05, 0.1) is 0 Å². The average Bonchev–Trinajstić information content (AvgIpc) is 3.17. The van der Waals surface area contributed by atoms with Gasteiger partial charge >= 0.3 is 0 Å². The smallest absolute Gasteiger partial charge is 0.245 e. The van der Waals surface area contributed by atoms with Gasteiger partial charge in [0.25, 0.3) is 0 Å². The van der Waals surface area contributed by atoms with Crippen LogP contribution in [0.15, 0.2) is 89.9 Å². The number of nitrogens with two attached hydrogens (primary N) is 3. The van der Waals surface area contributed by atoms with E-state index in [4.69, 9.17) is 22.6 Å². The Balaban J connectivity index is 1.60. The molecule has 288 valence electrons. The van der Waals surface area contributed by atoms with Gasteiger partial charge in [-0.05, 0) is 54.7 Å². The third-order valence-corrected chi connectivity index (χ3v) is 9.86. The zero-order chi connectivity index (χ0) is 39.0. The molecule has 4 rings (SSSR count). The topological polar surface area (TPSA) is 213 Å². The first-order valence-corrected chi connectivity index (χ1v) is 18.6. The Morgan fingerprint density at radius 2 is 1.30 bits per heavy atom. The van der Waals surface area contributed by atoms with Crippen molar-refractivity contribution in [3.63, 3.8) is 0 Å². The van der Waals surface area contributed by atoms with Gasteiger partial charge in [0, 0.05) is 39.3 Å². The van der Waals surface area contributed by atoms with Crippen molar-refractivity contribution in [1.29, 1.82) is 5.41 Å². The van der Waals surface area contributed by atoms with Crippen LogP contribution in [-0.4, -0.2) is 77.9 Å². The molecule has 0 heterocycles. The number of hydrogen-bond donors (Lipinski definition) is 6. The van der Waals surface area contributed by atoms with E-state index in [1.54, 1.807) is 43.3 Å². The largest absolute Gasteiger partial charge is 0.384 e. The minimum Gasteiger partial charge on any atom is -0.384 e. The van der Waals surface area contributed by atoms with Gasteiger partial charge in [0.2, 0.25) is 23.6 Å². The van der Waals surface area contributed by atoms with E-state index < -0.39 is 35.7 Å². The summed E-state index contributed by atoms with van der Waals surface area (Å²) in [4.78, 5) is 63.9. The number of benzene rings is 3. The van der Waals surface area contributed by atoms with Crippen LogP contribution in [0.2, 0.25) is 0 Å². The molecule has 4 amide bonds. The number of carbonyl (C=O) groups excluding carboxylic acids is 4. The predicted molar refractivity (Wildman–Crippen MR) is 211 cm³/mol. The molecule has 1 aliphatic rings. The number of nitrogens with zero attached hydrogens (tertiary/aromatic N) is 3. The average molecular weight is 738 g/mol. The van der Waals surface area contributed by atoms with E-state index in [0.717, 1.165) is 30.4 Å². The zero-order valence-electron chi connectivity index (χ0n) is 31.4. The Bertz CT molecular complexity index is 1720. The van der Waals surface area contributed by atoms with Gasteiger partial charge < -0.3 is 37.6 Å². The first-order valence-electron chi connectivity index (χ1n) is 18.6. The Morgan fingerprint density at radius 1 is 0.741 bits per heavy atom. The maximum absolute atomic E-state index is 14.4. The molecule has 0 saturated heterocycles. The molecule has 3 aromatic rings. The molecule has 0 spiro atoms. The van der Waals surface area contributed by atoms with Crippen LogP contribution in [-0.2, 0) is 38.7 Å². The molecule has 1 aliphatic carbocycles. The number of carbonyl (C=O) groups is 4. The second-order valence-electron chi connectivity index (χ2n) is 14.1. The lowest BCUT2D eigenvalue weighted by Crippen LogP contribution is -2.58. The summed E-state index contributed by atoms with van der Waals surface area (Å²) in [6.45, 7) is 0.913. The third kappa shape index (κ3) is 12.5. The Hall–Kier alpha value is -5.72. The van der Waals surface area contributed by atoms with Gasteiger partial charge in [-0.2, -0.15) is 0 Å². The summed E-state index contributed by atoms with van der Waals surface area (Å²) in [6.07, 6.45) is 5.02. The number of rotatable bonds is 18. The number of likely N-dealkylation sites (N-methyl/N-ethyl adjacent to an activating group) is 1. The van der Waals surface area contributed by atoms with Crippen LogP contribution in [0.25, 0.3) is 0 Å². The molecule has 54 heavy (non-hydrogen) atoms. The molecule has 2 unspecified atom stereocenters. The van der Waals surface area contributed by atoms with Crippen LogP contribution in [0.4, 0.5) is 0 Å². The minimum absolute atomic E-state index is 0.0588. The van der Waals surface area contributed by atoms with Crippen LogP contribution < -0.4 is 27.8 Å². The highest BCUT2D eigenvalue weighted by Crippen LogP contribution is 2.28. The number of guanidine groups is 1. The quantitative estimate of drug-likeness (QED) is 0.0497. The molecule has 0 aliphatic heterocycles. The van der Waals surface area contributed by atoms with Crippen molar-refractivity contribution in [2.75, 3.05) is 20.6 Å². The number of amides is 4. The van der Waals surface area contributed by atoms with Crippen molar-refractivity contribution in [1.82, 2.24) is 20.4 Å². The Kier molecular flexibility index (Phi) is 15.6. The SMILES string of the molecule is CN(Cc1ccccc1)C(=O)C(Cc1ccc(C(=N)N)cc1)C(=O)NC(C(=O)N[C@@H](CCCN=C(N)N)C(=O)N(C)Cc1ccccc1)C1CCCCC1. The summed E-state index contributed by atoms with van der Waals surface area (Å²) < 4.78 is 0. The highest BCUT2D eigenvalue weighted by molar-refractivity contribution is 6.02. The second kappa shape index (κ2) is 20.5.